The molecule has 1 saturated heterocycles. The van der Waals surface area contributed by atoms with Crippen molar-refractivity contribution in [3.05, 3.63) is 17.0 Å². The van der Waals surface area contributed by atoms with Crippen molar-refractivity contribution in [2.75, 3.05) is 26.7 Å². The normalized spacial score (nSPS) is 20.6. The smallest absolute Gasteiger partial charge is 0.0641 e. The van der Waals surface area contributed by atoms with Crippen LogP contribution in [-0.4, -0.2) is 41.4 Å². The van der Waals surface area contributed by atoms with Crippen molar-refractivity contribution in [2.24, 2.45) is 13.0 Å². The Balaban J connectivity index is 1.91. The van der Waals surface area contributed by atoms with Gasteiger partial charge in [0.25, 0.3) is 0 Å². The van der Waals surface area contributed by atoms with Gasteiger partial charge in [-0.1, -0.05) is 0 Å². The Hall–Kier alpha value is -0.870. The van der Waals surface area contributed by atoms with Crippen LogP contribution in [0.4, 0.5) is 0 Å². The van der Waals surface area contributed by atoms with Crippen molar-refractivity contribution in [1.29, 1.82) is 0 Å². The Kier molecular flexibility index (Phi) is 4.40. The van der Waals surface area contributed by atoms with Gasteiger partial charge in [0.2, 0.25) is 0 Å². The van der Waals surface area contributed by atoms with Gasteiger partial charge in [0.05, 0.1) is 5.69 Å². The van der Waals surface area contributed by atoms with Crippen LogP contribution in [0.5, 0.6) is 0 Å². The highest BCUT2D eigenvalue weighted by molar-refractivity contribution is 5.24. The molecule has 0 radical (unpaired) electrons. The zero-order chi connectivity index (χ0) is 13.1. The Morgan fingerprint density at radius 3 is 2.78 bits per heavy atom. The monoisotopic (exact) mass is 250 g/mol. The van der Waals surface area contributed by atoms with E-state index >= 15 is 0 Å². The largest absolute Gasteiger partial charge is 0.316 e. The minimum absolute atomic E-state index is 0.807. The molecule has 1 fully saturated rings. The van der Waals surface area contributed by atoms with E-state index in [2.05, 4.69) is 36.2 Å². The summed E-state index contributed by atoms with van der Waals surface area (Å²) in [7, 11) is 4.25. The van der Waals surface area contributed by atoms with Crippen molar-refractivity contribution in [3.8, 4) is 0 Å². The lowest BCUT2D eigenvalue weighted by molar-refractivity contribution is 0.237. The van der Waals surface area contributed by atoms with Gasteiger partial charge in [-0.15, -0.1) is 0 Å². The fourth-order valence-electron chi connectivity index (χ4n) is 2.90. The van der Waals surface area contributed by atoms with Crippen molar-refractivity contribution < 1.29 is 0 Å². The fourth-order valence-corrected chi connectivity index (χ4v) is 2.90. The average molecular weight is 250 g/mol. The van der Waals surface area contributed by atoms with Gasteiger partial charge in [0, 0.05) is 31.4 Å². The summed E-state index contributed by atoms with van der Waals surface area (Å²) in [5.41, 5.74) is 3.86. The zero-order valence-electron chi connectivity index (χ0n) is 12.2. The summed E-state index contributed by atoms with van der Waals surface area (Å²) in [6.45, 7) is 8.84. The molecule has 0 unspecified atom stereocenters. The number of piperidine rings is 1. The molecule has 18 heavy (non-hydrogen) atoms. The molecule has 1 atom stereocenters. The number of nitrogens with one attached hydrogen (secondary N) is 1. The number of rotatable bonds is 4. The molecule has 0 aliphatic carbocycles. The third-order valence-corrected chi connectivity index (χ3v) is 4.06. The van der Waals surface area contributed by atoms with E-state index in [0.717, 1.165) is 12.5 Å². The molecule has 2 rings (SSSR count). The second-order valence-corrected chi connectivity index (χ2v) is 5.68. The van der Waals surface area contributed by atoms with E-state index in [0.29, 0.717) is 0 Å². The van der Waals surface area contributed by atoms with Gasteiger partial charge in [-0.05, 0) is 52.7 Å². The summed E-state index contributed by atoms with van der Waals surface area (Å²) in [6, 6.07) is 0. The highest BCUT2D eigenvalue weighted by Crippen LogP contribution is 2.16. The van der Waals surface area contributed by atoms with Crippen LogP contribution in [-0.2, 0) is 13.6 Å². The molecule has 4 nitrogen and oxygen atoms in total. The predicted molar refractivity (Wildman–Crippen MR) is 74.6 cm³/mol. The van der Waals surface area contributed by atoms with Crippen LogP contribution in [0.15, 0.2) is 0 Å². The van der Waals surface area contributed by atoms with Gasteiger partial charge in [0.15, 0.2) is 0 Å². The van der Waals surface area contributed by atoms with Gasteiger partial charge in [-0.3, -0.25) is 4.68 Å². The Morgan fingerprint density at radius 2 is 2.22 bits per heavy atom. The summed E-state index contributed by atoms with van der Waals surface area (Å²) in [4.78, 5) is 2.44. The van der Waals surface area contributed by atoms with Crippen molar-refractivity contribution in [3.63, 3.8) is 0 Å². The topological polar surface area (TPSA) is 33.1 Å². The molecule has 102 valence electrons. The predicted octanol–water partition coefficient (Wildman–Crippen LogP) is 1.47. The molecule has 0 bridgehead atoms. The second-order valence-electron chi connectivity index (χ2n) is 5.68. The van der Waals surface area contributed by atoms with Gasteiger partial charge < -0.3 is 10.2 Å². The van der Waals surface area contributed by atoms with Gasteiger partial charge in [0.1, 0.15) is 0 Å². The molecular weight excluding hydrogens is 224 g/mol. The highest BCUT2D eigenvalue weighted by Gasteiger charge is 2.17. The molecule has 1 N–H and O–H groups in total. The number of hydrogen-bond acceptors (Lipinski definition) is 3. The minimum Gasteiger partial charge on any atom is -0.316 e. The van der Waals surface area contributed by atoms with Gasteiger partial charge in [-0.2, -0.15) is 5.10 Å². The van der Waals surface area contributed by atoms with Crippen LogP contribution in [0.1, 0.15) is 29.8 Å². The molecule has 0 spiro atoms. The van der Waals surface area contributed by atoms with Crippen LogP contribution in [0, 0.1) is 19.8 Å². The van der Waals surface area contributed by atoms with Crippen LogP contribution < -0.4 is 5.32 Å². The molecule has 0 saturated carbocycles. The molecule has 2 heterocycles. The molecule has 1 aliphatic heterocycles. The van der Waals surface area contributed by atoms with E-state index in [4.69, 9.17) is 0 Å². The van der Waals surface area contributed by atoms with E-state index in [1.54, 1.807) is 0 Å². The first-order chi connectivity index (χ1) is 8.58. The van der Waals surface area contributed by atoms with Crippen molar-refractivity contribution >= 4 is 0 Å². The Bertz CT molecular complexity index is 391. The zero-order valence-corrected chi connectivity index (χ0v) is 12.2. The lowest BCUT2D eigenvalue weighted by Gasteiger charge is -2.27. The first-order valence-corrected chi connectivity index (χ1v) is 6.96. The molecular formula is C14H26N4. The fraction of sp³-hybridized carbons (Fsp3) is 0.786. The molecule has 0 amide bonds. The molecule has 1 aromatic heterocycles. The van der Waals surface area contributed by atoms with E-state index in [-0.39, 0.29) is 0 Å². The van der Waals surface area contributed by atoms with Crippen LogP contribution in [0.3, 0.4) is 0 Å². The summed E-state index contributed by atoms with van der Waals surface area (Å²) in [6.07, 6.45) is 2.69. The van der Waals surface area contributed by atoms with Crippen molar-refractivity contribution in [1.82, 2.24) is 20.0 Å². The SMILES string of the molecule is Cc1nn(C)c(C)c1CN(C)C[C@H]1CCCNC1. The quantitative estimate of drug-likeness (QED) is 0.878. The van der Waals surface area contributed by atoms with Crippen LogP contribution >= 0.6 is 0 Å². The third-order valence-electron chi connectivity index (χ3n) is 4.06. The molecule has 1 aliphatic rings. The highest BCUT2D eigenvalue weighted by atomic mass is 15.3. The van der Waals surface area contributed by atoms with Crippen LogP contribution in [0.25, 0.3) is 0 Å². The number of aryl methyl sites for hydroxylation is 2. The Labute approximate surface area is 110 Å². The van der Waals surface area contributed by atoms with E-state index in [1.807, 2.05) is 11.7 Å². The third kappa shape index (κ3) is 3.12. The van der Waals surface area contributed by atoms with Gasteiger partial charge in [-0.25, -0.2) is 0 Å². The molecule has 1 aromatic rings. The van der Waals surface area contributed by atoms with E-state index in [9.17, 15) is 0 Å². The maximum absolute atomic E-state index is 4.49. The summed E-state index contributed by atoms with van der Waals surface area (Å²) in [5.74, 6) is 0.807. The summed E-state index contributed by atoms with van der Waals surface area (Å²) in [5, 5.41) is 7.98. The lowest BCUT2D eigenvalue weighted by Crippen LogP contribution is -2.36. The minimum atomic E-state index is 0.807. The first kappa shape index (κ1) is 13.6. The van der Waals surface area contributed by atoms with Gasteiger partial charge >= 0.3 is 0 Å². The average Bonchev–Trinajstić information content (AvgIpc) is 2.57. The number of aromatic nitrogens is 2. The maximum Gasteiger partial charge on any atom is 0.0641 e. The van der Waals surface area contributed by atoms with E-state index in [1.165, 1.54) is 49.4 Å². The second kappa shape index (κ2) is 5.85. The van der Waals surface area contributed by atoms with Crippen LogP contribution in [0.2, 0.25) is 0 Å². The number of nitrogens with zero attached hydrogens (tertiary/aromatic N) is 3. The Morgan fingerprint density at radius 1 is 1.44 bits per heavy atom. The standard InChI is InChI=1S/C14H26N4/c1-11-14(12(2)18(4)16-11)10-17(3)9-13-6-5-7-15-8-13/h13,15H,5-10H2,1-4H3/t13-/m0/s1. The lowest BCUT2D eigenvalue weighted by atomic mass is 9.99. The van der Waals surface area contributed by atoms with E-state index < -0.39 is 0 Å². The maximum atomic E-state index is 4.49. The molecule has 4 heteroatoms. The number of hydrogen-bond donors (Lipinski definition) is 1. The first-order valence-electron chi connectivity index (χ1n) is 6.96. The summed E-state index contributed by atoms with van der Waals surface area (Å²) < 4.78 is 1.99. The molecule has 0 aromatic carbocycles. The van der Waals surface area contributed by atoms with Crippen molar-refractivity contribution in [2.45, 2.75) is 33.2 Å². The summed E-state index contributed by atoms with van der Waals surface area (Å²) >= 11 is 0.